The number of nitrogens with one attached hydrogen (secondary N) is 3. The van der Waals surface area contributed by atoms with Gasteiger partial charge >= 0.3 is 0 Å². The number of aromatic nitrogens is 2. The Kier molecular flexibility index (Phi) is 2.89. The highest BCUT2D eigenvalue weighted by atomic mass is 16.3. The van der Waals surface area contributed by atoms with Crippen molar-refractivity contribution in [3.8, 4) is 0 Å². The van der Waals surface area contributed by atoms with Crippen LogP contribution in [0.4, 0.5) is 0 Å². The molecule has 0 radical (unpaired) electrons. The molecular formula is C20H17N3O. The smallest absolute Gasteiger partial charge is 0.132 e. The van der Waals surface area contributed by atoms with E-state index in [-0.39, 0.29) is 0 Å². The third-order valence-electron chi connectivity index (χ3n) is 4.86. The van der Waals surface area contributed by atoms with Gasteiger partial charge in [0.15, 0.2) is 0 Å². The fourth-order valence-corrected chi connectivity index (χ4v) is 3.73. The van der Waals surface area contributed by atoms with Crippen LogP contribution in [0.1, 0.15) is 11.1 Å². The summed E-state index contributed by atoms with van der Waals surface area (Å²) in [6.07, 6.45) is 3.37. The van der Waals surface area contributed by atoms with Crippen LogP contribution in [0.3, 0.4) is 0 Å². The molecule has 5 rings (SSSR count). The maximum absolute atomic E-state index is 10.6. The molecule has 3 heterocycles. The first-order valence-electron chi connectivity index (χ1n) is 8.10. The van der Waals surface area contributed by atoms with Crippen LogP contribution in [-0.2, 0) is 0 Å². The molecular weight excluding hydrogens is 298 g/mol. The highest BCUT2D eigenvalue weighted by molar-refractivity contribution is 6.07. The number of hydrogen-bond donors (Lipinski definition) is 4. The lowest BCUT2D eigenvalue weighted by molar-refractivity contribution is 0.208. The lowest BCUT2D eigenvalue weighted by Crippen LogP contribution is -2.23. The normalized spacial score (nSPS) is 18.1. The van der Waals surface area contributed by atoms with Gasteiger partial charge in [0, 0.05) is 57.4 Å². The van der Waals surface area contributed by atoms with Crippen molar-refractivity contribution < 1.29 is 5.11 Å². The van der Waals surface area contributed by atoms with Gasteiger partial charge in [-0.1, -0.05) is 36.4 Å². The average Bonchev–Trinajstić information content (AvgIpc) is 3.31. The first-order chi connectivity index (χ1) is 11.8. The molecule has 1 atom stereocenters. The number of aliphatic hydroxyl groups excluding tert-OH is 1. The quantitative estimate of drug-likeness (QED) is 0.457. The fourth-order valence-electron chi connectivity index (χ4n) is 3.73. The third-order valence-corrected chi connectivity index (χ3v) is 4.86. The number of rotatable bonds is 2. The van der Waals surface area contributed by atoms with E-state index < -0.39 is 6.23 Å². The Bertz CT molecular complexity index is 1090. The summed E-state index contributed by atoms with van der Waals surface area (Å²) < 4.78 is 0. The molecule has 4 heteroatoms. The molecule has 118 valence electrons. The van der Waals surface area contributed by atoms with Crippen molar-refractivity contribution in [3.05, 3.63) is 72.1 Å². The van der Waals surface area contributed by atoms with Crippen LogP contribution in [0.25, 0.3) is 33.0 Å². The summed E-state index contributed by atoms with van der Waals surface area (Å²) in [4.78, 5) is 6.64. The Hall–Kier alpha value is -2.82. The number of fused-ring (bicyclic) bond motifs is 2. The van der Waals surface area contributed by atoms with Crippen LogP contribution in [-0.4, -0.2) is 27.8 Å². The van der Waals surface area contributed by atoms with Crippen LogP contribution in [0, 0.1) is 0 Å². The highest BCUT2D eigenvalue weighted by Crippen LogP contribution is 2.38. The molecule has 24 heavy (non-hydrogen) atoms. The average molecular weight is 315 g/mol. The van der Waals surface area contributed by atoms with Gasteiger partial charge in [-0.2, -0.15) is 0 Å². The number of aliphatic hydroxyl groups is 1. The van der Waals surface area contributed by atoms with E-state index in [2.05, 4.69) is 39.6 Å². The number of aromatic amines is 2. The second-order valence-electron chi connectivity index (χ2n) is 6.17. The standard InChI is InChI=1S/C20H17N3O/c24-20-19(15-10-22-18-8-4-2-6-13(15)18)16(11-23-20)14-9-21-17-7-3-1-5-12(14)17/h1-10,20-24H,11H2. The van der Waals surface area contributed by atoms with Crippen LogP contribution in [0.2, 0.25) is 0 Å². The molecule has 0 saturated carbocycles. The van der Waals surface area contributed by atoms with Gasteiger partial charge in [0.1, 0.15) is 6.23 Å². The summed E-state index contributed by atoms with van der Waals surface area (Å²) in [5, 5.41) is 16.1. The van der Waals surface area contributed by atoms with Gasteiger partial charge in [-0.25, -0.2) is 0 Å². The van der Waals surface area contributed by atoms with Gasteiger partial charge in [0.2, 0.25) is 0 Å². The minimum Gasteiger partial charge on any atom is -0.374 e. The van der Waals surface area contributed by atoms with E-state index in [0.717, 1.165) is 38.7 Å². The van der Waals surface area contributed by atoms with Crippen molar-refractivity contribution in [2.24, 2.45) is 0 Å². The molecule has 4 aromatic rings. The Morgan fingerprint density at radius 3 is 2.08 bits per heavy atom. The van der Waals surface area contributed by atoms with E-state index in [1.807, 2.05) is 36.7 Å². The summed E-state index contributed by atoms with van der Waals surface area (Å²) in [5.41, 5.74) is 6.50. The van der Waals surface area contributed by atoms with Gasteiger partial charge < -0.3 is 15.1 Å². The second-order valence-corrected chi connectivity index (χ2v) is 6.17. The van der Waals surface area contributed by atoms with Crippen molar-refractivity contribution in [2.75, 3.05) is 6.54 Å². The highest BCUT2D eigenvalue weighted by Gasteiger charge is 2.28. The Morgan fingerprint density at radius 1 is 0.792 bits per heavy atom. The zero-order chi connectivity index (χ0) is 16.1. The summed E-state index contributed by atoms with van der Waals surface area (Å²) in [7, 11) is 0. The van der Waals surface area contributed by atoms with Gasteiger partial charge in [-0.3, -0.25) is 5.32 Å². The number of para-hydroxylation sites is 2. The molecule has 0 amide bonds. The Labute approximate surface area is 138 Å². The maximum atomic E-state index is 10.6. The van der Waals surface area contributed by atoms with Crippen molar-refractivity contribution in [3.63, 3.8) is 0 Å². The van der Waals surface area contributed by atoms with Crippen molar-refractivity contribution in [2.45, 2.75) is 6.23 Å². The Morgan fingerprint density at radius 2 is 1.38 bits per heavy atom. The topological polar surface area (TPSA) is 63.8 Å². The lowest BCUT2D eigenvalue weighted by atomic mass is 9.95. The van der Waals surface area contributed by atoms with Gasteiger partial charge in [0.05, 0.1) is 0 Å². The van der Waals surface area contributed by atoms with Crippen molar-refractivity contribution in [1.29, 1.82) is 0 Å². The van der Waals surface area contributed by atoms with E-state index in [1.54, 1.807) is 0 Å². The summed E-state index contributed by atoms with van der Waals surface area (Å²) in [6, 6.07) is 16.5. The molecule has 2 aromatic heterocycles. The van der Waals surface area contributed by atoms with E-state index in [4.69, 9.17) is 0 Å². The predicted molar refractivity (Wildman–Crippen MR) is 97.4 cm³/mol. The summed E-state index contributed by atoms with van der Waals surface area (Å²) in [5.74, 6) is 0. The van der Waals surface area contributed by atoms with Gasteiger partial charge in [-0.05, 0) is 17.7 Å². The molecule has 4 N–H and O–H groups in total. The third kappa shape index (κ3) is 1.87. The molecule has 0 aliphatic carbocycles. The maximum Gasteiger partial charge on any atom is 0.132 e. The zero-order valence-electron chi connectivity index (χ0n) is 13.0. The molecule has 0 bridgehead atoms. The fraction of sp³-hybridized carbons (Fsp3) is 0.100. The van der Waals surface area contributed by atoms with Crippen molar-refractivity contribution >= 4 is 33.0 Å². The second kappa shape index (κ2) is 5.09. The van der Waals surface area contributed by atoms with Gasteiger partial charge in [0.25, 0.3) is 0 Å². The number of benzene rings is 2. The Balaban J connectivity index is 1.79. The van der Waals surface area contributed by atoms with E-state index in [9.17, 15) is 5.11 Å². The largest absolute Gasteiger partial charge is 0.374 e. The van der Waals surface area contributed by atoms with Crippen LogP contribution >= 0.6 is 0 Å². The molecule has 4 nitrogen and oxygen atoms in total. The summed E-state index contributed by atoms with van der Waals surface area (Å²) in [6.45, 7) is 0.651. The SMILES string of the molecule is OC1NCC(c2c[nH]c3ccccc23)=C1c1c[nH]c2ccccc12. The van der Waals surface area contributed by atoms with E-state index in [0.29, 0.717) is 6.54 Å². The molecule has 2 aromatic carbocycles. The predicted octanol–water partition coefficient (Wildman–Crippen LogP) is 3.48. The van der Waals surface area contributed by atoms with Crippen LogP contribution < -0.4 is 5.32 Å². The van der Waals surface area contributed by atoms with Gasteiger partial charge in [-0.15, -0.1) is 0 Å². The minimum absolute atomic E-state index is 0.651. The number of hydrogen-bond acceptors (Lipinski definition) is 2. The lowest BCUT2D eigenvalue weighted by Gasteiger charge is -2.09. The molecule has 0 fully saturated rings. The molecule has 1 aliphatic rings. The first kappa shape index (κ1) is 13.6. The first-order valence-corrected chi connectivity index (χ1v) is 8.10. The van der Waals surface area contributed by atoms with Crippen LogP contribution in [0.5, 0.6) is 0 Å². The molecule has 1 aliphatic heterocycles. The van der Waals surface area contributed by atoms with E-state index >= 15 is 0 Å². The minimum atomic E-state index is -0.659. The molecule has 0 saturated heterocycles. The van der Waals surface area contributed by atoms with Crippen molar-refractivity contribution in [1.82, 2.24) is 15.3 Å². The van der Waals surface area contributed by atoms with Crippen LogP contribution in [0.15, 0.2) is 60.9 Å². The molecule has 0 spiro atoms. The summed E-state index contributed by atoms with van der Waals surface area (Å²) >= 11 is 0. The molecule has 1 unspecified atom stereocenters. The van der Waals surface area contributed by atoms with E-state index in [1.165, 1.54) is 5.39 Å². The zero-order valence-corrected chi connectivity index (χ0v) is 13.0. The number of H-pyrrole nitrogens is 2. The monoisotopic (exact) mass is 315 g/mol.